The van der Waals surface area contributed by atoms with Gasteiger partial charge in [-0.2, -0.15) is 0 Å². The number of rotatable bonds is 2. The number of alkyl halides is 2. The van der Waals surface area contributed by atoms with Crippen molar-refractivity contribution in [2.45, 2.75) is 24.7 Å². The van der Waals surface area contributed by atoms with Crippen molar-refractivity contribution in [1.82, 2.24) is 0 Å². The largest absolute Gasteiger partial charge is 0.329 e. The lowest BCUT2D eigenvalue weighted by atomic mass is 9.92. The van der Waals surface area contributed by atoms with Crippen molar-refractivity contribution in [2.75, 3.05) is 6.54 Å². The van der Waals surface area contributed by atoms with E-state index in [4.69, 9.17) is 5.73 Å². The fourth-order valence-electron chi connectivity index (χ4n) is 2.02. The second kappa shape index (κ2) is 3.20. The van der Waals surface area contributed by atoms with Gasteiger partial charge in [-0.3, -0.25) is 0 Å². The summed E-state index contributed by atoms with van der Waals surface area (Å²) in [5.41, 5.74) is 2.97. The Balaban J connectivity index is 2.61. The number of hydrogen-bond donors (Lipinski definition) is 1. The van der Waals surface area contributed by atoms with Gasteiger partial charge in [0.25, 0.3) is 5.92 Å². The van der Waals surface area contributed by atoms with Crippen LogP contribution < -0.4 is 5.73 Å². The molecule has 0 heterocycles. The molecule has 1 aromatic rings. The summed E-state index contributed by atoms with van der Waals surface area (Å²) < 4.78 is 53.6. The monoisotopic (exact) mass is 233 g/mol. The van der Waals surface area contributed by atoms with Gasteiger partial charge in [0.15, 0.2) is 0 Å². The molecule has 0 aliphatic heterocycles. The lowest BCUT2D eigenvalue weighted by Gasteiger charge is -2.17. The minimum Gasteiger partial charge on any atom is -0.329 e. The number of aryl methyl sites for hydroxylation is 1. The van der Waals surface area contributed by atoms with Crippen LogP contribution in [0.1, 0.15) is 17.5 Å². The van der Waals surface area contributed by atoms with E-state index in [0.29, 0.717) is 0 Å². The van der Waals surface area contributed by atoms with Gasteiger partial charge in [0.2, 0.25) is 0 Å². The molecule has 2 rings (SSSR count). The van der Waals surface area contributed by atoms with Crippen LogP contribution in [0.4, 0.5) is 17.6 Å². The summed E-state index contributed by atoms with van der Waals surface area (Å²) in [6.07, 6.45) is -0.589. The zero-order valence-electron chi connectivity index (χ0n) is 8.66. The highest BCUT2D eigenvalue weighted by atomic mass is 19.3. The topological polar surface area (TPSA) is 26.0 Å². The van der Waals surface area contributed by atoms with Crippen LogP contribution in [0.2, 0.25) is 0 Å². The Morgan fingerprint density at radius 1 is 1.31 bits per heavy atom. The van der Waals surface area contributed by atoms with Crippen LogP contribution in [0.25, 0.3) is 0 Å². The van der Waals surface area contributed by atoms with Gasteiger partial charge in [-0.15, -0.1) is 0 Å². The average Bonchev–Trinajstić information content (AvgIpc) is 2.77. The molecule has 1 fully saturated rings. The van der Waals surface area contributed by atoms with E-state index in [1.54, 1.807) is 0 Å². The highest BCUT2D eigenvalue weighted by Crippen LogP contribution is 2.61. The Bertz CT molecular complexity index is 444. The van der Waals surface area contributed by atoms with E-state index in [-0.39, 0.29) is 5.56 Å². The van der Waals surface area contributed by atoms with Crippen LogP contribution in [-0.2, 0) is 5.41 Å². The Labute approximate surface area is 90.3 Å². The fraction of sp³-hybridized carbons (Fsp3) is 0.455. The number of nitrogens with two attached hydrogens (primary N) is 1. The molecule has 1 unspecified atom stereocenters. The zero-order valence-corrected chi connectivity index (χ0v) is 8.66. The molecule has 88 valence electrons. The molecule has 0 aromatic heterocycles. The van der Waals surface area contributed by atoms with Crippen LogP contribution in [0, 0.1) is 18.6 Å². The van der Waals surface area contributed by atoms with E-state index in [0.717, 1.165) is 6.07 Å². The van der Waals surface area contributed by atoms with Crippen molar-refractivity contribution >= 4 is 0 Å². The predicted octanol–water partition coefficient (Wildman–Crippen LogP) is 2.51. The summed E-state index contributed by atoms with van der Waals surface area (Å²) in [4.78, 5) is 0. The summed E-state index contributed by atoms with van der Waals surface area (Å²) in [5, 5.41) is 0. The molecule has 0 amide bonds. The second-order valence-corrected chi connectivity index (χ2v) is 4.22. The fourth-order valence-corrected chi connectivity index (χ4v) is 2.02. The van der Waals surface area contributed by atoms with Crippen LogP contribution in [0.3, 0.4) is 0 Å². The third kappa shape index (κ3) is 1.27. The van der Waals surface area contributed by atoms with Crippen molar-refractivity contribution in [3.8, 4) is 0 Å². The Hall–Kier alpha value is -1.10. The first-order valence-corrected chi connectivity index (χ1v) is 4.89. The van der Waals surface area contributed by atoms with E-state index >= 15 is 0 Å². The quantitative estimate of drug-likeness (QED) is 0.780. The van der Waals surface area contributed by atoms with Gasteiger partial charge in [-0.1, -0.05) is 6.07 Å². The molecule has 0 bridgehead atoms. The first-order chi connectivity index (χ1) is 7.35. The average molecular weight is 233 g/mol. The summed E-state index contributed by atoms with van der Waals surface area (Å²) in [6.45, 7) is 0.945. The summed E-state index contributed by atoms with van der Waals surface area (Å²) >= 11 is 0. The van der Waals surface area contributed by atoms with E-state index in [1.165, 1.54) is 13.0 Å². The molecule has 2 N–H and O–H groups in total. The molecule has 1 aliphatic rings. The van der Waals surface area contributed by atoms with Crippen molar-refractivity contribution in [3.63, 3.8) is 0 Å². The molecule has 1 aromatic carbocycles. The van der Waals surface area contributed by atoms with E-state index < -0.39 is 41.5 Å². The van der Waals surface area contributed by atoms with E-state index in [2.05, 4.69) is 0 Å². The molecular weight excluding hydrogens is 222 g/mol. The standard InChI is InChI=1S/C11H11F4N/c1-6-2-3-7(12)8(9(6)13)10(5-16)4-11(10,14)15/h2-3H,4-5,16H2,1H3. The molecule has 1 aliphatic carbocycles. The van der Waals surface area contributed by atoms with Gasteiger partial charge < -0.3 is 5.73 Å². The maximum Gasteiger partial charge on any atom is 0.260 e. The first-order valence-electron chi connectivity index (χ1n) is 4.89. The summed E-state index contributed by atoms with van der Waals surface area (Å²) in [5.74, 6) is -4.98. The Morgan fingerprint density at radius 2 is 1.88 bits per heavy atom. The van der Waals surface area contributed by atoms with E-state index in [1.807, 2.05) is 0 Å². The SMILES string of the molecule is Cc1ccc(F)c(C2(CN)CC2(F)F)c1F. The Kier molecular flexibility index (Phi) is 2.28. The zero-order chi connectivity index (χ0) is 12.1. The number of halogens is 4. The van der Waals surface area contributed by atoms with Crippen molar-refractivity contribution in [3.05, 3.63) is 34.9 Å². The molecule has 16 heavy (non-hydrogen) atoms. The van der Waals surface area contributed by atoms with Gasteiger partial charge >= 0.3 is 0 Å². The minimum absolute atomic E-state index is 0.145. The molecule has 0 spiro atoms. The third-order valence-electron chi connectivity index (χ3n) is 3.21. The minimum atomic E-state index is -3.11. The smallest absolute Gasteiger partial charge is 0.260 e. The highest BCUT2D eigenvalue weighted by Gasteiger charge is 2.72. The maximum absolute atomic E-state index is 13.7. The molecule has 0 radical (unpaired) electrons. The van der Waals surface area contributed by atoms with Gasteiger partial charge in [0.05, 0.1) is 5.41 Å². The third-order valence-corrected chi connectivity index (χ3v) is 3.21. The van der Waals surface area contributed by atoms with Gasteiger partial charge in [0.1, 0.15) is 11.6 Å². The molecule has 5 heteroatoms. The summed E-state index contributed by atoms with van der Waals surface area (Å²) in [7, 11) is 0. The predicted molar refractivity (Wildman–Crippen MR) is 51.4 cm³/mol. The van der Waals surface area contributed by atoms with Gasteiger partial charge in [0, 0.05) is 18.5 Å². The van der Waals surface area contributed by atoms with Crippen LogP contribution in [-0.4, -0.2) is 12.5 Å². The molecule has 0 saturated heterocycles. The highest BCUT2D eigenvalue weighted by molar-refractivity contribution is 5.42. The maximum atomic E-state index is 13.7. The number of hydrogen-bond acceptors (Lipinski definition) is 1. The van der Waals surface area contributed by atoms with Crippen molar-refractivity contribution in [2.24, 2.45) is 5.73 Å². The normalized spacial score (nSPS) is 26.9. The molecule has 1 atom stereocenters. The molecule has 1 saturated carbocycles. The van der Waals surface area contributed by atoms with Gasteiger partial charge in [-0.25, -0.2) is 17.6 Å². The van der Waals surface area contributed by atoms with Crippen LogP contribution in [0.5, 0.6) is 0 Å². The summed E-state index contributed by atoms with van der Waals surface area (Å²) in [6, 6.07) is 2.22. The van der Waals surface area contributed by atoms with Crippen LogP contribution >= 0.6 is 0 Å². The molecule has 1 nitrogen and oxygen atoms in total. The second-order valence-electron chi connectivity index (χ2n) is 4.22. The number of benzene rings is 1. The van der Waals surface area contributed by atoms with E-state index in [9.17, 15) is 17.6 Å². The van der Waals surface area contributed by atoms with Gasteiger partial charge in [-0.05, 0) is 18.6 Å². The lowest BCUT2D eigenvalue weighted by Crippen LogP contribution is -2.29. The van der Waals surface area contributed by atoms with Crippen molar-refractivity contribution in [1.29, 1.82) is 0 Å². The Morgan fingerprint density at radius 3 is 2.31 bits per heavy atom. The lowest BCUT2D eigenvalue weighted by molar-refractivity contribution is 0.0876. The van der Waals surface area contributed by atoms with Crippen LogP contribution in [0.15, 0.2) is 12.1 Å². The van der Waals surface area contributed by atoms with Crippen molar-refractivity contribution < 1.29 is 17.6 Å². The molecular formula is C11H11F4N. The first kappa shape index (κ1) is 11.4.